The van der Waals surface area contributed by atoms with Crippen LogP contribution in [0.3, 0.4) is 0 Å². The Bertz CT molecular complexity index is 1430. The summed E-state index contributed by atoms with van der Waals surface area (Å²) in [4.78, 5) is 40.7. The monoisotopic (exact) mass is 533 g/mol. The van der Waals surface area contributed by atoms with Gasteiger partial charge in [0.05, 0.1) is 12.3 Å². The number of carbonyl (C=O) groups is 3. The van der Waals surface area contributed by atoms with Gasteiger partial charge in [-0.25, -0.2) is 0 Å². The summed E-state index contributed by atoms with van der Waals surface area (Å²) in [5.41, 5.74) is 12.4. The number of anilines is 2. The molecule has 5 N–H and O–H groups in total. The first-order valence-corrected chi connectivity index (χ1v) is 12.6. The van der Waals surface area contributed by atoms with Gasteiger partial charge < -0.3 is 25.9 Å². The van der Waals surface area contributed by atoms with Crippen molar-refractivity contribution in [2.75, 3.05) is 17.2 Å². The van der Waals surface area contributed by atoms with Gasteiger partial charge in [0.15, 0.2) is 11.7 Å². The second-order valence-electron chi connectivity index (χ2n) is 8.29. The smallest absolute Gasteiger partial charge is 0.273 e. The van der Waals surface area contributed by atoms with Gasteiger partial charge in [-0.15, -0.1) is 0 Å². The Morgan fingerprint density at radius 1 is 1.08 bits per heavy atom. The Morgan fingerprint density at radius 2 is 1.79 bits per heavy atom. The van der Waals surface area contributed by atoms with Gasteiger partial charge in [0.2, 0.25) is 0 Å². The van der Waals surface area contributed by atoms with Crippen LogP contribution in [0.4, 0.5) is 11.4 Å². The number of hydrogen-bond acceptors (Lipinski definition) is 8. The predicted octanol–water partition coefficient (Wildman–Crippen LogP) is 3.83. The van der Waals surface area contributed by atoms with Crippen LogP contribution in [0.1, 0.15) is 50.2 Å². The molecule has 2 heterocycles. The van der Waals surface area contributed by atoms with Crippen LogP contribution < -0.4 is 26.4 Å². The van der Waals surface area contributed by atoms with E-state index in [1.807, 2.05) is 37.3 Å². The molecule has 4 rings (SSSR count). The molecule has 0 unspecified atom stereocenters. The van der Waals surface area contributed by atoms with Crippen LogP contribution in [-0.4, -0.2) is 28.7 Å². The van der Waals surface area contributed by atoms with Crippen molar-refractivity contribution in [3.63, 3.8) is 0 Å². The lowest BCUT2D eigenvalue weighted by molar-refractivity contribution is -0.123. The van der Waals surface area contributed by atoms with Crippen LogP contribution in [0, 0.1) is 6.92 Å². The van der Waals surface area contributed by atoms with E-state index in [1.54, 1.807) is 43.3 Å². The summed E-state index contributed by atoms with van der Waals surface area (Å²) in [5.74, 6) is -0.587. The van der Waals surface area contributed by atoms with E-state index in [2.05, 4.69) is 9.69 Å². The van der Waals surface area contributed by atoms with E-state index in [-0.39, 0.29) is 28.6 Å². The molecule has 0 aliphatic heterocycles. The second-order valence-corrected chi connectivity index (χ2v) is 9.07. The van der Waals surface area contributed by atoms with Crippen molar-refractivity contribution in [2.24, 2.45) is 5.73 Å². The number of nitrogens with two attached hydrogens (primary N) is 2. The largest absolute Gasteiger partial charge is 0.494 e. The van der Waals surface area contributed by atoms with E-state index >= 15 is 0 Å². The molecule has 0 spiro atoms. The Morgan fingerprint density at radius 3 is 2.37 bits per heavy atom. The zero-order valence-corrected chi connectivity index (χ0v) is 21.7. The number of aromatic nitrogens is 1. The number of aryl methyl sites for hydroxylation is 1. The highest BCUT2D eigenvalue weighted by Gasteiger charge is 2.37. The van der Waals surface area contributed by atoms with Gasteiger partial charge >= 0.3 is 0 Å². The quantitative estimate of drug-likeness (QED) is 0.280. The Balaban J connectivity index is 1.80. The molecule has 0 aliphatic carbocycles. The average molecular weight is 534 g/mol. The predicted molar refractivity (Wildman–Crippen MR) is 144 cm³/mol. The highest BCUT2D eigenvalue weighted by Crippen LogP contribution is 2.34. The number of rotatable bonds is 10. The number of nitrogens with zero attached hydrogens (tertiary/aromatic N) is 2. The van der Waals surface area contributed by atoms with Crippen LogP contribution in [0.15, 0.2) is 71.1 Å². The van der Waals surface area contributed by atoms with Gasteiger partial charge in [-0.1, -0.05) is 30.3 Å². The summed E-state index contributed by atoms with van der Waals surface area (Å²) in [6, 6.07) is 18.2. The lowest BCUT2D eigenvalue weighted by atomic mass is 10.1. The molecule has 0 bridgehead atoms. The SMILES string of the molecule is CCOc1ccc(N(C(=O)c2snc(C(N)=O)c2N)[C@H](C(=O)NCc2ccccc2)c2ccc(C)o2)cc1. The topological polar surface area (TPSA) is 154 Å². The molecule has 4 aromatic rings. The molecule has 2 aromatic carbocycles. The highest BCUT2D eigenvalue weighted by molar-refractivity contribution is 7.09. The third-order valence-electron chi connectivity index (χ3n) is 5.65. The number of nitrogens with one attached hydrogen (secondary N) is 1. The summed E-state index contributed by atoms with van der Waals surface area (Å²) in [7, 11) is 0. The minimum absolute atomic E-state index is 0.0307. The number of hydrogen-bond donors (Lipinski definition) is 3. The molecule has 0 saturated carbocycles. The maximum absolute atomic E-state index is 14.0. The lowest BCUT2D eigenvalue weighted by Gasteiger charge is -2.30. The molecule has 2 aromatic heterocycles. The van der Waals surface area contributed by atoms with Gasteiger partial charge in [-0.05, 0) is 67.3 Å². The summed E-state index contributed by atoms with van der Waals surface area (Å²) >= 11 is 0.733. The van der Waals surface area contributed by atoms with E-state index in [0.29, 0.717) is 23.8 Å². The average Bonchev–Trinajstić information content (AvgIpc) is 3.52. The highest BCUT2D eigenvalue weighted by atomic mass is 32.1. The van der Waals surface area contributed by atoms with E-state index in [1.165, 1.54) is 4.90 Å². The Hall–Kier alpha value is -4.64. The van der Waals surface area contributed by atoms with Gasteiger partial charge in [-0.3, -0.25) is 19.3 Å². The Labute approximate surface area is 223 Å². The molecular weight excluding hydrogens is 506 g/mol. The Kier molecular flexibility index (Phi) is 8.07. The molecule has 3 amide bonds. The standard InChI is InChI=1S/C27H27N5O5S/c1-3-36-19-12-10-18(11-13-19)32(27(35)24-21(28)22(25(29)33)31-38-24)23(20-14-9-16(2)37-20)26(34)30-15-17-7-5-4-6-8-17/h4-14,23H,3,15,28H2,1-2H3,(H2,29,33)(H,30,34)/t23-/m0/s1. The maximum atomic E-state index is 14.0. The fourth-order valence-electron chi connectivity index (χ4n) is 3.85. The summed E-state index contributed by atoms with van der Waals surface area (Å²) < 4.78 is 15.3. The van der Waals surface area contributed by atoms with Crippen molar-refractivity contribution in [2.45, 2.75) is 26.4 Å². The molecule has 11 heteroatoms. The molecule has 0 saturated heterocycles. The van der Waals surface area contributed by atoms with Crippen LogP contribution in [-0.2, 0) is 11.3 Å². The second kappa shape index (κ2) is 11.6. The third-order valence-corrected chi connectivity index (χ3v) is 6.50. The van der Waals surface area contributed by atoms with Crippen LogP contribution in [0.5, 0.6) is 5.75 Å². The van der Waals surface area contributed by atoms with E-state index in [0.717, 1.165) is 17.1 Å². The molecule has 0 aliphatic rings. The molecule has 1 atom stereocenters. The number of ether oxygens (including phenoxy) is 1. The minimum atomic E-state index is -1.21. The van der Waals surface area contributed by atoms with E-state index in [9.17, 15) is 14.4 Å². The van der Waals surface area contributed by atoms with Crippen molar-refractivity contribution in [1.29, 1.82) is 0 Å². The van der Waals surface area contributed by atoms with Crippen molar-refractivity contribution in [3.8, 4) is 5.75 Å². The van der Waals surface area contributed by atoms with Crippen molar-refractivity contribution in [3.05, 3.63) is 94.4 Å². The zero-order chi connectivity index (χ0) is 27.2. The molecule has 10 nitrogen and oxygen atoms in total. The fraction of sp³-hybridized carbons (Fsp3) is 0.185. The van der Waals surface area contributed by atoms with E-state index < -0.39 is 23.8 Å². The minimum Gasteiger partial charge on any atom is -0.494 e. The van der Waals surface area contributed by atoms with Crippen LogP contribution >= 0.6 is 11.5 Å². The van der Waals surface area contributed by atoms with Gasteiger partial charge in [0.25, 0.3) is 17.7 Å². The first-order chi connectivity index (χ1) is 18.3. The number of nitrogen functional groups attached to an aromatic ring is 1. The zero-order valence-electron chi connectivity index (χ0n) is 20.8. The van der Waals surface area contributed by atoms with Crippen molar-refractivity contribution >= 4 is 40.6 Å². The number of carbonyl (C=O) groups excluding carboxylic acids is 3. The van der Waals surface area contributed by atoms with Gasteiger partial charge in [0, 0.05) is 12.2 Å². The molecule has 196 valence electrons. The number of benzene rings is 2. The van der Waals surface area contributed by atoms with Crippen molar-refractivity contribution in [1.82, 2.24) is 9.69 Å². The molecule has 0 fully saturated rings. The first kappa shape index (κ1) is 26.4. The molecule has 38 heavy (non-hydrogen) atoms. The van der Waals surface area contributed by atoms with Gasteiger partial charge in [-0.2, -0.15) is 4.37 Å². The maximum Gasteiger partial charge on any atom is 0.273 e. The number of amides is 3. The molecular formula is C27H27N5O5S. The fourth-order valence-corrected chi connectivity index (χ4v) is 4.59. The first-order valence-electron chi connectivity index (χ1n) is 11.8. The van der Waals surface area contributed by atoms with Crippen molar-refractivity contribution < 1.29 is 23.5 Å². The molecule has 0 radical (unpaired) electrons. The summed E-state index contributed by atoms with van der Waals surface area (Å²) in [6.45, 7) is 4.30. The summed E-state index contributed by atoms with van der Waals surface area (Å²) in [6.07, 6.45) is 0. The number of primary amides is 1. The van der Waals surface area contributed by atoms with Crippen LogP contribution in [0.25, 0.3) is 0 Å². The lowest BCUT2D eigenvalue weighted by Crippen LogP contribution is -2.43. The van der Waals surface area contributed by atoms with Crippen LogP contribution in [0.2, 0.25) is 0 Å². The third kappa shape index (κ3) is 5.68. The number of furan rings is 1. The van der Waals surface area contributed by atoms with E-state index in [4.69, 9.17) is 20.6 Å². The summed E-state index contributed by atoms with van der Waals surface area (Å²) in [5, 5.41) is 2.90. The normalized spacial score (nSPS) is 11.5. The van der Waals surface area contributed by atoms with Gasteiger partial charge in [0.1, 0.15) is 22.1 Å².